The Bertz CT molecular complexity index is 756. The molecular formula is C19H18N2O2. The molecule has 23 heavy (non-hydrogen) atoms. The molecule has 0 aromatic heterocycles. The standard InChI is InChI=1S/C19H18N2O2/c1-3-23-18-7-5-4-6-15(18)12-16(13-20)19(22)21-17-10-8-14(2)9-11-17/h4-12H,3H2,1-2H3,(H,21,22)/b16-12+. The third-order valence-corrected chi connectivity index (χ3v) is 3.19. The summed E-state index contributed by atoms with van der Waals surface area (Å²) < 4.78 is 5.51. The van der Waals surface area contributed by atoms with Crippen LogP contribution in [0.25, 0.3) is 6.08 Å². The van der Waals surface area contributed by atoms with Gasteiger partial charge in [-0.25, -0.2) is 0 Å². The van der Waals surface area contributed by atoms with Gasteiger partial charge in [0.25, 0.3) is 5.91 Å². The minimum Gasteiger partial charge on any atom is -0.493 e. The topological polar surface area (TPSA) is 62.1 Å². The summed E-state index contributed by atoms with van der Waals surface area (Å²) in [5, 5.41) is 12.0. The SMILES string of the molecule is CCOc1ccccc1/C=C(\C#N)C(=O)Nc1ccc(C)cc1. The molecule has 0 aliphatic rings. The lowest BCUT2D eigenvalue weighted by Gasteiger charge is -2.08. The number of carbonyl (C=O) groups excluding carboxylic acids is 1. The normalized spacial score (nSPS) is 10.7. The van der Waals surface area contributed by atoms with Crippen LogP contribution in [0, 0.1) is 18.3 Å². The highest BCUT2D eigenvalue weighted by atomic mass is 16.5. The molecule has 0 saturated carbocycles. The van der Waals surface area contributed by atoms with Crippen molar-refractivity contribution in [3.8, 4) is 11.8 Å². The number of nitrogens with zero attached hydrogens (tertiary/aromatic N) is 1. The first kappa shape index (κ1) is 16.3. The number of nitrogens with one attached hydrogen (secondary N) is 1. The van der Waals surface area contributed by atoms with Crippen molar-refractivity contribution in [2.45, 2.75) is 13.8 Å². The Labute approximate surface area is 136 Å². The molecule has 0 atom stereocenters. The molecule has 0 heterocycles. The van der Waals surface area contributed by atoms with Gasteiger partial charge in [0, 0.05) is 11.3 Å². The molecule has 2 aromatic rings. The van der Waals surface area contributed by atoms with Crippen molar-refractivity contribution in [3.63, 3.8) is 0 Å². The first-order chi connectivity index (χ1) is 11.1. The van der Waals surface area contributed by atoms with Crippen LogP contribution >= 0.6 is 0 Å². The molecular weight excluding hydrogens is 288 g/mol. The minimum absolute atomic E-state index is 0.0257. The van der Waals surface area contributed by atoms with Crippen LogP contribution < -0.4 is 10.1 Å². The van der Waals surface area contributed by atoms with E-state index in [1.807, 2.05) is 56.3 Å². The highest BCUT2D eigenvalue weighted by molar-refractivity contribution is 6.09. The molecule has 0 aliphatic carbocycles. The molecule has 0 bridgehead atoms. The van der Waals surface area contributed by atoms with Gasteiger partial charge in [-0.1, -0.05) is 35.9 Å². The van der Waals surface area contributed by atoms with E-state index >= 15 is 0 Å². The maximum atomic E-state index is 12.3. The van der Waals surface area contributed by atoms with E-state index in [1.54, 1.807) is 12.1 Å². The summed E-state index contributed by atoms with van der Waals surface area (Å²) in [6.45, 7) is 4.37. The monoisotopic (exact) mass is 306 g/mol. The molecule has 2 aromatic carbocycles. The zero-order valence-corrected chi connectivity index (χ0v) is 13.2. The first-order valence-corrected chi connectivity index (χ1v) is 7.35. The predicted molar refractivity (Wildman–Crippen MR) is 91.0 cm³/mol. The number of para-hydroxylation sites is 1. The lowest BCUT2D eigenvalue weighted by molar-refractivity contribution is -0.112. The van der Waals surface area contributed by atoms with E-state index in [1.165, 1.54) is 6.08 Å². The second kappa shape index (κ2) is 7.81. The van der Waals surface area contributed by atoms with Crippen LogP contribution in [0.4, 0.5) is 5.69 Å². The number of anilines is 1. The summed E-state index contributed by atoms with van der Waals surface area (Å²) in [4.78, 5) is 12.3. The maximum absolute atomic E-state index is 12.3. The van der Waals surface area contributed by atoms with Gasteiger partial charge in [0.05, 0.1) is 6.61 Å². The zero-order valence-electron chi connectivity index (χ0n) is 13.2. The summed E-state index contributed by atoms with van der Waals surface area (Å²) in [6, 6.07) is 16.6. The van der Waals surface area contributed by atoms with Crippen molar-refractivity contribution in [1.82, 2.24) is 0 Å². The molecule has 0 spiro atoms. The van der Waals surface area contributed by atoms with Crippen LogP contribution in [0.1, 0.15) is 18.1 Å². The lowest BCUT2D eigenvalue weighted by atomic mass is 10.1. The van der Waals surface area contributed by atoms with Crippen molar-refractivity contribution >= 4 is 17.7 Å². The first-order valence-electron chi connectivity index (χ1n) is 7.35. The van der Waals surface area contributed by atoms with E-state index in [-0.39, 0.29) is 5.57 Å². The van der Waals surface area contributed by atoms with E-state index in [4.69, 9.17) is 4.74 Å². The van der Waals surface area contributed by atoms with Crippen molar-refractivity contribution in [1.29, 1.82) is 5.26 Å². The molecule has 0 fully saturated rings. The Morgan fingerprint density at radius 2 is 1.91 bits per heavy atom. The maximum Gasteiger partial charge on any atom is 0.266 e. The molecule has 116 valence electrons. The van der Waals surface area contributed by atoms with E-state index in [9.17, 15) is 10.1 Å². The minimum atomic E-state index is -0.442. The van der Waals surface area contributed by atoms with Crippen LogP contribution in [0.5, 0.6) is 5.75 Å². The van der Waals surface area contributed by atoms with Crippen molar-refractivity contribution in [3.05, 3.63) is 65.2 Å². The molecule has 4 heteroatoms. The zero-order chi connectivity index (χ0) is 16.7. The second-order valence-corrected chi connectivity index (χ2v) is 4.96. The number of rotatable bonds is 5. The molecule has 2 rings (SSSR count). The number of benzene rings is 2. The van der Waals surface area contributed by atoms with Crippen molar-refractivity contribution in [2.75, 3.05) is 11.9 Å². The highest BCUT2D eigenvalue weighted by Crippen LogP contribution is 2.21. The Morgan fingerprint density at radius 1 is 1.22 bits per heavy atom. The largest absolute Gasteiger partial charge is 0.493 e. The molecule has 1 N–H and O–H groups in total. The van der Waals surface area contributed by atoms with Crippen LogP contribution in [-0.2, 0) is 4.79 Å². The van der Waals surface area contributed by atoms with E-state index in [2.05, 4.69) is 5.32 Å². The lowest BCUT2D eigenvalue weighted by Crippen LogP contribution is -2.13. The molecule has 0 unspecified atom stereocenters. The summed E-state index contributed by atoms with van der Waals surface area (Å²) in [7, 11) is 0. The van der Waals surface area contributed by atoms with Gasteiger partial charge in [0.15, 0.2) is 0 Å². The fourth-order valence-electron chi connectivity index (χ4n) is 2.03. The van der Waals surface area contributed by atoms with Crippen molar-refractivity contribution in [2.24, 2.45) is 0 Å². The van der Waals surface area contributed by atoms with Gasteiger partial charge in [-0.3, -0.25) is 4.79 Å². The van der Waals surface area contributed by atoms with Gasteiger partial charge in [-0.05, 0) is 38.1 Å². The van der Waals surface area contributed by atoms with E-state index in [0.717, 1.165) is 5.56 Å². The highest BCUT2D eigenvalue weighted by Gasteiger charge is 2.11. The smallest absolute Gasteiger partial charge is 0.266 e. The van der Waals surface area contributed by atoms with E-state index < -0.39 is 5.91 Å². The third kappa shape index (κ3) is 4.45. The number of aryl methyl sites for hydroxylation is 1. The molecule has 1 amide bonds. The Balaban J connectivity index is 2.23. The molecule has 0 aliphatic heterocycles. The Morgan fingerprint density at radius 3 is 2.57 bits per heavy atom. The number of hydrogen-bond donors (Lipinski definition) is 1. The van der Waals surface area contributed by atoms with Gasteiger partial charge >= 0.3 is 0 Å². The van der Waals surface area contributed by atoms with Gasteiger partial charge in [-0.15, -0.1) is 0 Å². The van der Waals surface area contributed by atoms with Crippen LogP contribution in [-0.4, -0.2) is 12.5 Å². The van der Waals surface area contributed by atoms with Crippen molar-refractivity contribution < 1.29 is 9.53 Å². The van der Waals surface area contributed by atoms with Gasteiger partial charge in [0.1, 0.15) is 17.4 Å². The van der Waals surface area contributed by atoms with Gasteiger partial charge in [-0.2, -0.15) is 5.26 Å². The number of amides is 1. The predicted octanol–water partition coefficient (Wildman–Crippen LogP) is 3.94. The fraction of sp³-hybridized carbons (Fsp3) is 0.158. The summed E-state index contributed by atoms with van der Waals surface area (Å²) in [5.41, 5.74) is 2.48. The number of hydrogen-bond acceptors (Lipinski definition) is 3. The average molecular weight is 306 g/mol. The number of nitriles is 1. The second-order valence-electron chi connectivity index (χ2n) is 4.96. The third-order valence-electron chi connectivity index (χ3n) is 3.19. The summed E-state index contributed by atoms with van der Waals surface area (Å²) >= 11 is 0. The molecule has 0 radical (unpaired) electrons. The van der Waals surface area contributed by atoms with E-state index in [0.29, 0.717) is 23.6 Å². The number of carbonyl (C=O) groups is 1. The van der Waals surface area contributed by atoms with Gasteiger partial charge in [0.2, 0.25) is 0 Å². The fourth-order valence-corrected chi connectivity index (χ4v) is 2.03. The van der Waals surface area contributed by atoms with Crippen LogP contribution in [0.15, 0.2) is 54.1 Å². The summed E-state index contributed by atoms with van der Waals surface area (Å²) in [5.74, 6) is 0.202. The van der Waals surface area contributed by atoms with Gasteiger partial charge < -0.3 is 10.1 Å². The average Bonchev–Trinajstić information content (AvgIpc) is 2.56. The summed E-state index contributed by atoms with van der Waals surface area (Å²) in [6.07, 6.45) is 1.54. The number of ether oxygens (including phenoxy) is 1. The van der Waals surface area contributed by atoms with Crippen LogP contribution in [0.3, 0.4) is 0 Å². The Kier molecular flexibility index (Phi) is 5.54. The Hall–Kier alpha value is -3.06. The molecule has 0 saturated heterocycles. The quantitative estimate of drug-likeness (QED) is 0.672. The van der Waals surface area contributed by atoms with Crippen LogP contribution in [0.2, 0.25) is 0 Å². The molecule has 4 nitrogen and oxygen atoms in total.